The van der Waals surface area contributed by atoms with Gasteiger partial charge in [0.15, 0.2) is 0 Å². The van der Waals surface area contributed by atoms with Crippen LogP contribution in [0.1, 0.15) is 27.2 Å². The van der Waals surface area contributed by atoms with E-state index in [0.29, 0.717) is 6.42 Å². The number of carboxylic acids is 1. The van der Waals surface area contributed by atoms with Gasteiger partial charge in [0.1, 0.15) is 5.54 Å². The molecule has 0 aromatic rings. The standard InChI is InChI=1S/C8H16N2O3/c1-5(2)4-8(3,6(11)12)10-7(9)13/h5H,4H2,1-3H3,(H,11,12)(H3,9,10,13)/t8-/m0/s1. The smallest absolute Gasteiger partial charge is 0.329 e. The lowest BCUT2D eigenvalue weighted by atomic mass is 9.91. The number of hydrogen-bond acceptors (Lipinski definition) is 2. The second-order valence-corrected chi connectivity index (χ2v) is 3.72. The number of carboxylic acid groups (broad SMARTS) is 1. The fourth-order valence-corrected chi connectivity index (χ4v) is 1.28. The Morgan fingerprint density at radius 2 is 2.00 bits per heavy atom. The molecule has 0 aliphatic carbocycles. The summed E-state index contributed by atoms with van der Waals surface area (Å²) < 4.78 is 0. The Bertz CT molecular complexity index is 215. The lowest BCUT2D eigenvalue weighted by Crippen LogP contribution is -2.54. The molecule has 13 heavy (non-hydrogen) atoms. The predicted octanol–water partition coefficient (Wildman–Crippen LogP) is 0.544. The number of rotatable bonds is 4. The van der Waals surface area contributed by atoms with Crippen LogP contribution in [0.4, 0.5) is 4.79 Å². The molecular formula is C8H16N2O3. The van der Waals surface area contributed by atoms with Crippen LogP contribution in [-0.4, -0.2) is 22.6 Å². The summed E-state index contributed by atoms with van der Waals surface area (Å²) in [5, 5.41) is 11.1. The molecule has 0 aromatic heterocycles. The summed E-state index contributed by atoms with van der Waals surface area (Å²) in [6, 6.07) is -0.814. The Hall–Kier alpha value is -1.26. The summed E-state index contributed by atoms with van der Waals surface area (Å²) in [4.78, 5) is 21.4. The van der Waals surface area contributed by atoms with E-state index in [2.05, 4.69) is 5.32 Å². The van der Waals surface area contributed by atoms with Crippen LogP contribution in [0.5, 0.6) is 0 Å². The molecule has 0 saturated carbocycles. The molecular weight excluding hydrogens is 172 g/mol. The highest BCUT2D eigenvalue weighted by atomic mass is 16.4. The van der Waals surface area contributed by atoms with Crippen molar-refractivity contribution in [2.24, 2.45) is 11.7 Å². The van der Waals surface area contributed by atoms with Crippen LogP contribution in [-0.2, 0) is 4.79 Å². The highest BCUT2D eigenvalue weighted by Gasteiger charge is 2.34. The normalized spacial score (nSPS) is 15.1. The highest BCUT2D eigenvalue weighted by Crippen LogP contribution is 2.16. The zero-order valence-electron chi connectivity index (χ0n) is 8.13. The molecule has 0 aliphatic rings. The fourth-order valence-electron chi connectivity index (χ4n) is 1.28. The Kier molecular flexibility index (Phi) is 3.71. The van der Waals surface area contributed by atoms with Gasteiger partial charge in [-0.3, -0.25) is 0 Å². The van der Waals surface area contributed by atoms with Crippen molar-refractivity contribution in [2.45, 2.75) is 32.7 Å². The van der Waals surface area contributed by atoms with Crippen LogP contribution in [0.2, 0.25) is 0 Å². The van der Waals surface area contributed by atoms with Crippen LogP contribution >= 0.6 is 0 Å². The van der Waals surface area contributed by atoms with E-state index in [1.165, 1.54) is 6.92 Å². The Balaban J connectivity index is 4.52. The average molecular weight is 188 g/mol. The number of amides is 2. The number of urea groups is 1. The molecule has 4 N–H and O–H groups in total. The van der Waals surface area contributed by atoms with E-state index in [-0.39, 0.29) is 5.92 Å². The molecule has 0 spiro atoms. The molecule has 0 radical (unpaired) electrons. The van der Waals surface area contributed by atoms with Crippen LogP contribution in [0.25, 0.3) is 0 Å². The van der Waals surface area contributed by atoms with Gasteiger partial charge >= 0.3 is 12.0 Å². The molecule has 0 fully saturated rings. The first kappa shape index (κ1) is 11.7. The highest BCUT2D eigenvalue weighted by molar-refractivity contribution is 5.85. The number of hydrogen-bond donors (Lipinski definition) is 3. The minimum atomic E-state index is -1.26. The third-order valence-electron chi connectivity index (χ3n) is 1.69. The molecule has 76 valence electrons. The minimum Gasteiger partial charge on any atom is -0.480 e. The van der Waals surface area contributed by atoms with Gasteiger partial charge in [-0.15, -0.1) is 0 Å². The van der Waals surface area contributed by atoms with Gasteiger partial charge in [0.2, 0.25) is 0 Å². The van der Waals surface area contributed by atoms with Crippen molar-refractivity contribution in [3.8, 4) is 0 Å². The third kappa shape index (κ3) is 3.78. The molecule has 5 heteroatoms. The molecule has 0 heterocycles. The van der Waals surface area contributed by atoms with E-state index < -0.39 is 17.5 Å². The van der Waals surface area contributed by atoms with Crippen molar-refractivity contribution in [2.75, 3.05) is 0 Å². The third-order valence-corrected chi connectivity index (χ3v) is 1.69. The summed E-state index contributed by atoms with van der Waals surface area (Å²) in [5.41, 5.74) is 3.61. The molecule has 0 unspecified atom stereocenters. The van der Waals surface area contributed by atoms with Crippen molar-refractivity contribution < 1.29 is 14.7 Å². The molecule has 0 aliphatic heterocycles. The van der Waals surface area contributed by atoms with Crippen molar-refractivity contribution in [1.82, 2.24) is 5.32 Å². The fraction of sp³-hybridized carbons (Fsp3) is 0.750. The van der Waals surface area contributed by atoms with E-state index in [0.717, 1.165) is 0 Å². The first-order valence-electron chi connectivity index (χ1n) is 4.09. The zero-order chi connectivity index (χ0) is 10.6. The first-order valence-corrected chi connectivity index (χ1v) is 4.09. The van der Waals surface area contributed by atoms with Crippen molar-refractivity contribution in [3.63, 3.8) is 0 Å². The van der Waals surface area contributed by atoms with Gasteiger partial charge in [-0.1, -0.05) is 13.8 Å². The molecule has 2 amide bonds. The zero-order valence-corrected chi connectivity index (χ0v) is 8.13. The minimum absolute atomic E-state index is 0.174. The molecule has 1 atom stereocenters. The largest absolute Gasteiger partial charge is 0.480 e. The summed E-state index contributed by atoms with van der Waals surface area (Å²) in [5.74, 6) is -0.895. The second-order valence-electron chi connectivity index (χ2n) is 3.72. The summed E-state index contributed by atoms with van der Waals surface area (Å²) >= 11 is 0. The molecule has 0 rings (SSSR count). The van der Waals surface area contributed by atoms with Crippen LogP contribution < -0.4 is 11.1 Å². The topological polar surface area (TPSA) is 92.4 Å². The predicted molar refractivity (Wildman–Crippen MR) is 48.2 cm³/mol. The molecule has 0 saturated heterocycles. The van der Waals surface area contributed by atoms with Crippen LogP contribution in [0.15, 0.2) is 0 Å². The second kappa shape index (κ2) is 4.11. The number of nitrogens with two attached hydrogens (primary N) is 1. The van der Waals surface area contributed by atoms with Gasteiger partial charge in [0, 0.05) is 0 Å². The maximum Gasteiger partial charge on any atom is 0.329 e. The Morgan fingerprint density at radius 3 is 2.23 bits per heavy atom. The number of nitrogens with one attached hydrogen (secondary N) is 1. The Morgan fingerprint density at radius 1 is 1.54 bits per heavy atom. The number of carbonyl (C=O) groups is 2. The van der Waals surface area contributed by atoms with Crippen molar-refractivity contribution in [1.29, 1.82) is 0 Å². The monoisotopic (exact) mass is 188 g/mol. The van der Waals surface area contributed by atoms with Gasteiger partial charge in [-0.2, -0.15) is 0 Å². The molecule has 0 bridgehead atoms. The van der Waals surface area contributed by atoms with Crippen molar-refractivity contribution >= 4 is 12.0 Å². The van der Waals surface area contributed by atoms with E-state index >= 15 is 0 Å². The Labute approximate surface area is 77.3 Å². The summed E-state index contributed by atoms with van der Waals surface area (Å²) in [6.07, 6.45) is 0.352. The first-order chi connectivity index (χ1) is 5.78. The molecule has 5 nitrogen and oxygen atoms in total. The number of aliphatic carboxylic acids is 1. The number of primary amides is 1. The number of carbonyl (C=O) groups excluding carboxylic acids is 1. The quantitative estimate of drug-likeness (QED) is 0.601. The van der Waals surface area contributed by atoms with E-state index in [9.17, 15) is 9.59 Å². The van der Waals surface area contributed by atoms with E-state index in [1.54, 1.807) is 0 Å². The van der Waals surface area contributed by atoms with E-state index in [4.69, 9.17) is 10.8 Å². The van der Waals surface area contributed by atoms with E-state index in [1.807, 2.05) is 13.8 Å². The maximum atomic E-state index is 10.8. The van der Waals surface area contributed by atoms with Gasteiger partial charge in [-0.25, -0.2) is 9.59 Å². The van der Waals surface area contributed by atoms with Crippen LogP contribution in [0.3, 0.4) is 0 Å². The SMILES string of the molecule is CC(C)C[C@](C)(NC(N)=O)C(=O)O. The van der Waals surface area contributed by atoms with Gasteiger partial charge in [0.25, 0.3) is 0 Å². The lowest BCUT2D eigenvalue weighted by Gasteiger charge is -2.26. The summed E-state index contributed by atoms with van der Waals surface area (Å²) in [6.45, 7) is 5.20. The average Bonchev–Trinajstić information content (AvgIpc) is 1.82. The van der Waals surface area contributed by atoms with Gasteiger partial charge in [0.05, 0.1) is 0 Å². The van der Waals surface area contributed by atoms with Gasteiger partial charge in [-0.05, 0) is 19.3 Å². The van der Waals surface area contributed by atoms with Crippen LogP contribution in [0, 0.1) is 5.92 Å². The van der Waals surface area contributed by atoms with Gasteiger partial charge < -0.3 is 16.2 Å². The molecule has 0 aromatic carbocycles. The summed E-state index contributed by atoms with van der Waals surface area (Å²) in [7, 11) is 0. The lowest BCUT2D eigenvalue weighted by molar-refractivity contribution is -0.144. The van der Waals surface area contributed by atoms with Crippen molar-refractivity contribution in [3.05, 3.63) is 0 Å². The maximum absolute atomic E-state index is 10.8.